The maximum atomic E-state index is 13.9. The summed E-state index contributed by atoms with van der Waals surface area (Å²) in [4.78, 5) is 6.17. The van der Waals surface area contributed by atoms with E-state index in [0.29, 0.717) is 5.69 Å². The Bertz CT molecular complexity index is 1090. The van der Waals surface area contributed by atoms with Crippen molar-refractivity contribution in [1.82, 2.24) is 9.97 Å². The van der Waals surface area contributed by atoms with Gasteiger partial charge in [-0.05, 0) is 36.4 Å². The van der Waals surface area contributed by atoms with Crippen LogP contribution in [-0.4, -0.2) is 18.4 Å². The Morgan fingerprint density at radius 3 is 2.64 bits per heavy atom. The molecule has 1 aromatic carbocycles. The molecule has 126 valence electrons. The van der Waals surface area contributed by atoms with Gasteiger partial charge in [0.1, 0.15) is 10.7 Å². The molecule has 0 unspecified atom stereocenters. The number of benzene rings is 1. The topological polar surface area (TPSA) is 98.6 Å². The molecule has 0 amide bonds. The Balaban J connectivity index is 1.90. The molecule has 0 bridgehead atoms. The van der Waals surface area contributed by atoms with E-state index in [1.165, 1.54) is 36.5 Å². The molecule has 0 aliphatic rings. The van der Waals surface area contributed by atoms with Crippen LogP contribution >= 0.6 is 0 Å². The van der Waals surface area contributed by atoms with Gasteiger partial charge in [0.2, 0.25) is 5.95 Å². The molecule has 25 heavy (non-hydrogen) atoms. The predicted molar refractivity (Wildman–Crippen MR) is 85.9 cm³/mol. The monoisotopic (exact) mass is 360 g/mol. The van der Waals surface area contributed by atoms with Crippen LogP contribution in [0.2, 0.25) is 0 Å². The normalized spacial score (nSPS) is 11.1. The van der Waals surface area contributed by atoms with Crippen molar-refractivity contribution in [1.29, 1.82) is 5.26 Å². The molecule has 0 spiro atoms. The number of anilines is 1. The third-order valence-corrected chi connectivity index (χ3v) is 4.65. The van der Waals surface area contributed by atoms with Crippen LogP contribution in [0.25, 0.3) is 11.4 Å². The van der Waals surface area contributed by atoms with E-state index in [1.54, 1.807) is 6.07 Å². The average Bonchev–Trinajstić information content (AvgIpc) is 3.07. The molecule has 0 aliphatic carbocycles. The number of sulfonamides is 1. The lowest BCUT2D eigenvalue weighted by Crippen LogP contribution is -2.13. The van der Waals surface area contributed by atoms with Crippen molar-refractivity contribution in [3.63, 3.8) is 0 Å². The number of hydrogen-bond donors (Lipinski definition) is 2. The molecule has 0 atom stereocenters. The van der Waals surface area contributed by atoms with Crippen molar-refractivity contribution in [2.45, 2.75) is 4.90 Å². The van der Waals surface area contributed by atoms with Gasteiger partial charge in [0.25, 0.3) is 10.0 Å². The molecule has 0 saturated heterocycles. The molecule has 2 N–H and O–H groups in total. The highest BCUT2D eigenvalue weighted by Gasteiger charge is 2.19. The van der Waals surface area contributed by atoms with E-state index >= 15 is 0 Å². The van der Waals surface area contributed by atoms with Crippen molar-refractivity contribution in [3.05, 3.63) is 66.0 Å². The molecule has 6 nitrogen and oxygen atoms in total. The lowest BCUT2D eigenvalue weighted by molar-refractivity contribution is 0.585. The van der Waals surface area contributed by atoms with E-state index in [9.17, 15) is 17.2 Å². The maximum absolute atomic E-state index is 13.9. The Labute approximate surface area is 141 Å². The molecule has 2 aromatic heterocycles. The van der Waals surface area contributed by atoms with E-state index in [0.717, 1.165) is 12.1 Å². The zero-order valence-corrected chi connectivity index (χ0v) is 13.3. The second-order valence-corrected chi connectivity index (χ2v) is 6.69. The van der Waals surface area contributed by atoms with Gasteiger partial charge in [0, 0.05) is 6.20 Å². The average molecular weight is 360 g/mol. The van der Waals surface area contributed by atoms with Crippen LogP contribution < -0.4 is 4.72 Å². The van der Waals surface area contributed by atoms with E-state index in [-0.39, 0.29) is 21.8 Å². The minimum Gasteiger partial charge on any atom is -0.359 e. The largest absolute Gasteiger partial charge is 0.359 e. The summed E-state index contributed by atoms with van der Waals surface area (Å²) in [5.41, 5.74) is 0.304. The SMILES string of the molecule is N#Cc1ccc(NS(=O)(=O)c2c[nH]c(-c3cccc(F)n3)c2)c(F)c1. The van der Waals surface area contributed by atoms with Gasteiger partial charge in [-0.3, -0.25) is 4.72 Å². The summed E-state index contributed by atoms with van der Waals surface area (Å²) in [6, 6.07) is 10.5. The summed E-state index contributed by atoms with van der Waals surface area (Å²) < 4.78 is 53.9. The van der Waals surface area contributed by atoms with Gasteiger partial charge in [-0.2, -0.15) is 9.65 Å². The highest BCUT2D eigenvalue weighted by Crippen LogP contribution is 2.23. The number of aromatic nitrogens is 2. The number of H-pyrrole nitrogens is 1. The molecule has 3 rings (SSSR count). The van der Waals surface area contributed by atoms with Crippen LogP contribution in [0.5, 0.6) is 0 Å². The number of nitrogens with zero attached hydrogens (tertiary/aromatic N) is 2. The Morgan fingerprint density at radius 2 is 1.96 bits per heavy atom. The second kappa shape index (κ2) is 6.33. The summed E-state index contributed by atoms with van der Waals surface area (Å²) in [5, 5.41) is 8.70. The zero-order valence-electron chi connectivity index (χ0n) is 12.5. The van der Waals surface area contributed by atoms with Crippen LogP contribution in [0.4, 0.5) is 14.5 Å². The number of hydrogen-bond acceptors (Lipinski definition) is 4. The summed E-state index contributed by atoms with van der Waals surface area (Å²) in [5.74, 6) is -1.57. The third kappa shape index (κ3) is 3.49. The summed E-state index contributed by atoms with van der Waals surface area (Å²) in [6.07, 6.45) is 1.19. The molecule has 0 saturated carbocycles. The standard InChI is InChI=1S/C16H10F2N4O2S/c17-12-6-10(8-19)4-5-13(12)22-25(23,24)11-7-15(20-9-11)14-2-1-3-16(18)21-14/h1-7,9,20,22H. The van der Waals surface area contributed by atoms with Gasteiger partial charge in [0.15, 0.2) is 0 Å². The first kappa shape index (κ1) is 16.6. The maximum Gasteiger partial charge on any atom is 0.263 e. The number of halogens is 2. The molecule has 0 fully saturated rings. The summed E-state index contributed by atoms with van der Waals surface area (Å²) >= 11 is 0. The summed E-state index contributed by atoms with van der Waals surface area (Å²) in [7, 11) is -4.08. The molecule has 3 aromatic rings. The van der Waals surface area contributed by atoms with E-state index in [1.807, 2.05) is 0 Å². The highest BCUT2D eigenvalue weighted by molar-refractivity contribution is 7.92. The molecule has 2 heterocycles. The van der Waals surface area contributed by atoms with Gasteiger partial charge in [0.05, 0.1) is 28.7 Å². The number of nitrogens with one attached hydrogen (secondary N) is 2. The van der Waals surface area contributed by atoms with Crippen molar-refractivity contribution < 1.29 is 17.2 Å². The van der Waals surface area contributed by atoms with Crippen molar-refractivity contribution in [3.8, 4) is 17.5 Å². The van der Waals surface area contributed by atoms with Gasteiger partial charge in [-0.25, -0.2) is 17.8 Å². The summed E-state index contributed by atoms with van der Waals surface area (Å²) in [6.45, 7) is 0. The highest BCUT2D eigenvalue weighted by atomic mass is 32.2. The van der Waals surface area contributed by atoms with Crippen molar-refractivity contribution in [2.24, 2.45) is 0 Å². The quantitative estimate of drug-likeness (QED) is 0.699. The molecule has 0 radical (unpaired) electrons. The molecule has 9 heteroatoms. The third-order valence-electron chi connectivity index (χ3n) is 3.30. The molecular weight excluding hydrogens is 350 g/mol. The van der Waals surface area contributed by atoms with Crippen molar-refractivity contribution >= 4 is 15.7 Å². The number of aromatic amines is 1. The Hall–Kier alpha value is -3.25. The fourth-order valence-electron chi connectivity index (χ4n) is 2.11. The van der Waals surface area contributed by atoms with Crippen LogP contribution in [-0.2, 0) is 10.0 Å². The minimum atomic E-state index is -4.08. The van der Waals surface area contributed by atoms with Crippen LogP contribution in [0, 0.1) is 23.1 Å². The smallest absolute Gasteiger partial charge is 0.263 e. The number of pyridine rings is 1. The van der Waals surface area contributed by atoms with Gasteiger partial charge in [-0.15, -0.1) is 0 Å². The Morgan fingerprint density at radius 1 is 1.16 bits per heavy atom. The van der Waals surface area contributed by atoms with Crippen LogP contribution in [0.1, 0.15) is 5.56 Å². The van der Waals surface area contributed by atoms with E-state index in [2.05, 4.69) is 14.7 Å². The van der Waals surface area contributed by atoms with Gasteiger partial charge < -0.3 is 4.98 Å². The van der Waals surface area contributed by atoms with Crippen molar-refractivity contribution in [2.75, 3.05) is 4.72 Å². The van der Waals surface area contributed by atoms with E-state index < -0.39 is 21.8 Å². The first-order chi connectivity index (χ1) is 11.9. The predicted octanol–water partition coefficient (Wildman–Crippen LogP) is 3.03. The minimum absolute atomic E-state index is 0.0709. The number of nitriles is 1. The molecular formula is C16H10F2N4O2S. The lowest BCUT2D eigenvalue weighted by atomic mass is 10.2. The van der Waals surface area contributed by atoms with Crippen LogP contribution in [0.3, 0.4) is 0 Å². The second-order valence-electron chi connectivity index (χ2n) is 5.01. The fourth-order valence-corrected chi connectivity index (χ4v) is 3.17. The first-order valence-electron chi connectivity index (χ1n) is 6.93. The van der Waals surface area contributed by atoms with E-state index in [4.69, 9.17) is 5.26 Å². The van der Waals surface area contributed by atoms with Gasteiger partial charge >= 0.3 is 0 Å². The lowest BCUT2D eigenvalue weighted by Gasteiger charge is -2.07. The van der Waals surface area contributed by atoms with Gasteiger partial charge in [-0.1, -0.05) is 6.07 Å². The Kier molecular flexibility index (Phi) is 4.21. The first-order valence-corrected chi connectivity index (χ1v) is 8.41. The molecule has 0 aliphatic heterocycles. The number of rotatable bonds is 4. The fraction of sp³-hybridized carbons (Fsp3) is 0. The van der Waals surface area contributed by atoms with Crippen LogP contribution in [0.15, 0.2) is 53.6 Å². The zero-order chi connectivity index (χ0) is 18.0.